The fraction of sp³-hybridized carbons (Fsp3) is 0.421. The largest absolute Gasteiger partial charge is 0.493 e. The van der Waals surface area contributed by atoms with Gasteiger partial charge in [0.15, 0.2) is 11.5 Å². The van der Waals surface area contributed by atoms with E-state index in [0.717, 1.165) is 18.4 Å². The summed E-state index contributed by atoms with van der Waals surface area (Å²) < 4.78 is 61.1. The van der Waals surface area contributed by atoms with Crippen molar-refractivity contribution in [2.24, 2.45) is 0 Å². The Hall–Kier alpha value is -2.46. The summed E-state index contributed by atoms with van der Waals surface area (Å²) >= 11 is 0. The van der Waals surface area contributed by atoms with Gasteiger partial charge < -0.3 is 14.4 Å². The molecule has 1 aliphatic rings. The molecule has 158 valence electrons. The van der Waals surface area contributed by atoms with Gasteiger partial charge in [0, 0.05) is 32.9 Å². The average molecular weight is 427 g/mol. The Bertz CT molecular complexity index is 933. The second kappa shape index (κ2) is 8.91. The number of methoxy groups -OCH3 is 1. The van der Waals surface area contributed by atoms with E-state index in [1.165, 1.54) is 23.7 Å². The van der Waals surface area contributed by atoms with Crippen molar-refractivity contribution in [2.75, 3.05) is 32.1 Å². The number of nitrogens with zero attached hydrogens (tertiary/aromatic N) is 3. The van der Waals surface area contributed by atoms with E-state index in [2.05, 4.69) is 9.72 Å². The number of hydrogen-bond acceptors (Lipinski definition) is 6. The zero-order valence-electron chi connectivity index (χ0n) is 16.2. The molecular weight excluding hydrogens is 404 g/mol. The third-order valence-electron chi connectivity index (χ3n) is 4.68. The first-order chi connectivity index (χ1) is 13.8. The highest BCUT2D eigenvalue weighted by atomic mass is 32.2. The van der Waals surface area contributed by atoms with Crippen LogP contribution in [0, 0.1) is 0 Å². The lowest BCUT2D eigenvalue weighted by Gasteiger charge is -2.20. The molecule has 0 amide bonds. The molecular formula is C19H23F2N3O4S. The summed E-state index contributed by atoms with van der Waals surface area (Å²) in [6.45, 7) is -1.44. The standard InChI is InChI=1S/C19H23F2N3O4S/c1-23(13-14-5-7-16(28-19(20)21)17(11-14)27-2)18-8-6-15(12-22-18)29(25,26)24-9-3-4-10-24/h5-8,11-12,19H,3-4,9-10,13H2,1-2H3. The molecule has 0 saturated carbocycles. The van der Waals surface area contributed by atoms with Crippen LogP contribution in [0.3, 0.4) is 0 Å². The molecule has 0 unspecified atom stereocenters. The molecule has 3 rings (SSSR count). The second-order valence-electron chi connectivity index (χ2n) is 6.68. The van der Waals surface area contributed by atoms with Crippen LogP contribution in [-0.4, -0.2) is 51.6 Å². The first kappa shape index (κ1) is 21.3. The highest BCUT2D eigenvalue weighted by Gasteiger charge is 2.27. The van der Waals surface area contributed by atoms with Gasteiger partial charge in [0.2, 0.25) is 10.0 Å². The van der Waals surface area contributed by atoms with Gasteiger partial charge in [-0.1, -0.05) is 6.07 Å². The van der Waals surface area contributed by atoms with Crippen LogP contribution >= 0.6 is 0 Å². The summed E-state index contributed by atoms with van der Waals surface area (Å²) in [5, 5.41) is 0. The number of anilines is 1. The summed E-state index contributed by atoms with van der Waals surface area (Å²) in [4.78, 5) is 6.26. The van der Waals surface area contributed by atoms with Gasteiger partial charge in [-0.25, -0.2) is 13.4 Å². The number of pyridine rings is 1. The van der Waals surface area contributed by atoms with E-state index < -0.39 is 16.6 Å². The van der Waals surface area contributed by atoms with Crippen molar-refractivity contribution in [1.29, 1.82) is 0 Å². The summed E-state index contributed by atoms with van der Waals surface area (Å²) in [5.41, 5.74) is 0.793. The summed E-state index contributed by atoms with van der Waals surface area (Å²) in [7, 11) is -0.327. The Balaban J connectivity index is 1.71. The van der Waals surface area contributed by atoms with Gasteiger partial charge in [-0.15, -0.1) is 0 Å². The molecule has 0 aliphatic carbocycles. The number of aromatic nitrogens is 1. The predicted octanol–water partition coefficient (Wildman–Crippen LogP) is 3.11. The summed E-state index contributed by atoms with van der Waals surface area (Å²) in [6, 6.07) is 7.89. The number of alkyl halides is 2. The molecule has 1 aliphatic heterocycles. The molecule has 0 radical (unpaired) electrons. The molecule has 1 saturated heterocycles. The van der Waals surface area contributed by atoms with Gasteiger partial charge >= 0.3 is 6.61 Å². The van der Waals surface area contributed by atoms with Gasteiger partial charge in [-0.2, -0.15) is 13.1 Å². The Morgan fingerprint density at radius 3 is 2.48 bits per heavy atom. The lowest BCUT2D eigenvalue weighted by Crippen LogP contribution is -2.28. The molecule has 2 aromatic rings. The average Bonchev–Trinajstić information content (AvgIpc) is 3.24. The second-order valence-corrected chi connectivity index (χ2v) is 8.62. The topological polar surface area (TPSA) is 72.0 Å². The van der Waals surface area contributed by atoms with Crippen molar-refractivity contribution in [3.05, 3.63) is 42.1 Å². The lowest BCUT2D eigenvalue weighted by atomic mass is 10.2. The van der Waals surface area contributed by atoms with Crippen LogP contribution in [0.2, 0.25) is 0 Å². The van der Waals surface area contributed by atoms with E-state index >= 15 is 0 Å². The number of benzene rings is 1. The molecule has 0 N–H and O–H groups in total. The normalized spacial score (nSPS) is 14.9. The van der Waals surface area contributed by atoms with E-state index in [9.17, 15) is 17.2 Å². The minimum atomic E-state index is -3.50. The van der Waals surface area contributed by atoms with Crippen LogP contribution in [0.25, 0.3) is 0 Å². The predicted molar refractivity (Wildman–Crippen MR) is 104 cm³/mol. The van der Waals surface area contributed by atoms with E-state index in [0.29, 0.717) is 25.5 Å². The van der Waals surface area contributed by atoms with Crippen LogP contribution in [0.5, 0.6) is 11.5 Å². The van der Waals surface area contributed by atoms with Crippen molar-refractivity contribution in [1.82, 2.24) is 9.29 Å². The molecule has 0 atom stereocenters. The smallest absolute Gasteiger partial charge is 0.387 e. The lowest BCUT2D eigenvalue weighted by molar-refractivity contribution is -0.0512. The maximum absolute atomic E-state index is 12.6. The fourth-order valence-corrected chi connectivity index (χ4v) is 4.65. The van der Waals surface area contributed by atoms with E-state index in [4.69, 9.17) is 4.74 Å². The molecule has 10 heteroatoms. The minimum Gasteiger partial charge on any atom is -0.493 e. The Morgan fingerprint density at radius 2 is 1.90 bits per heavy atom. The van der Waals surface area contributed by atoms with E-state index in [-0.39, 0.29) is 16.4 Å². The zero-order chi connectivity index (χ0) is 21.0. The van der Waals surface area contributed by atoms with Crippen LogP contribution in [0.1, 0.15) is 18.4 Å². The molecule has 29 heavy (non-hydrogen) atoms. The first-order valence-corrected chi connectivity index (χ1v) is 10.5. The molecule has 0 spiro atoms. The van der Waals surface area contributed by atoms with Crippen molar-refractivity contribution in [2.45, 2.75) is 30.9 Å². The van der Waals surface area contributed by atoms with Gasteiger partial charge in [-0.3, -0.25) is 0 Å². The van der Waals surface area contributed by atoms with Crippen molar-refractivity contribution < 1.29 is 26.7 Å². The van der Waals surface area contributed by atoms with Crippen LogP contribution in [0.4, 0.5) is 14.6 Å². The van der Waals surface area contributed by atoms with Crippen LogP contribution < -0.4 is 14.4 Å². The molecule has 0 bridgehead atoms. The molecule has 1 aromatic heterocycles. The number of hydrogen-bond donors (Lipinski definition) is 0. The van der Waals surface area contributed by atoms with Gasteiger partial charge in [0.1, 0.15) is 10.7 Å². The van der Waals surface area contributed by atoms with Crippen LogP contribution in [-0.2, 0) is 16.6 Å². The van der Waals surface area contributed by atoms with Gasteiger partial charge in [-0.05, 0) is 42.7 Å². The first-order valence-electron chi connectivity index (χ1n) is 9.10. The number of halogens is 2. The highest BCUT2D eigenvalue weighted by Crippen LogP contribution is 2.30. The maximum atomic E-state index is 12.6. The Morgan fingerprint density at radius 1 is 1.17 bits per heavy atom. The molecule has 1 aromatic carbocycles. The quantitative estimate of drug-likeness (QED) is 0.645. The zero-order valence-corrected chi connectivity index (χ0v) is 17.0. The van der Waals surface area contributed by atoms with E-state index in [1.807, 2.05) is 4.90 Å². The third kappa shape index (κ3) is 4.94. The fourth-order valence-electron chi connectivity index (χ4n) is 3.19. The number of sulfonamides is 1. The third-order valence-corrected chi connectivity index (χ3v) is 6.56. The summed E-state index contributed by atoms with van der Waals surface area (Å²) in [6.07, 6.45) is 3.11. The highest BCUT2D eigenvalue weighted by molar-refractivity contribution is 7.89. The van der Waals surface area contributed by atoms with Crippen molar-refractivity contribution >= 4 is 15.8 Å². The van der Waals surface area contributed by atoms with Crippen molar-refractivity contribution in [3.63, 3.8) is 0 Å². The Labute approximate surface area is 168 Å². The monoisotopic (exact) mass is 427 g/mol. The number of rotatable bonds is 8. The molecule has 1 fully saturated rings. The number of ether oxygens (including phenoxy) is 2. The van der Waals surface area contributed by atoms with Gasteiger partial charge in [0.25, 0.3) is 0 Å². The summed E-state index contributed by atoms with van der Waals surface area (Å²) in [5.74, 6) is 0.747. The van der Waals surface area contributed by atoms with E-state index in [1.54, 1.807) is 31.3 Å². The van der Waals surface area contributed by atoms with Gasteiger partial charge in [0.05, 0.1) is 7.11 Å². The molecule has 2 heterocycles. The van der Waals surface area contributed by atoms with Crippen LogP contribution in [0.15, 0.2) is 41.4 Å². The minimum absolute atomic E-state index is 0.0384. The SMILES string of the molecule is COc1cc(CN(C)c2ccc(S(=O)(=O)N3CCCC3)cn2)ccc1OC(F)F. The molecule has 7 nitrogen and oxygen atoms in total. The Kier molecular flexibility index (Phi) is 6.53. The van der Waals surface area contributed by atoms with Crippen molar-refractivity contribution in [3.8, 4) is 11.5 Å². The maximum Gasteiger partial charge on any atom is 0.387 e.